The lowest BCUT2D eigenvalue weighted by molar-refractivity contribution is 0.516. The molecule has 1 rings (SSSR count). The highest BCUT2D eigenvalue weighted by Crippen LogP contribution is 2.08. The largest absolute Gasteiger partial charge is 0.304 e. The first kappa shape index (κ1) is 10.8. The topological polar surface area (TPSA) is 33.6 Å². The van der Waals surface area contributed by atoms with Crippen LogP contribution in [0.3, 0.4) is 0 Å². The molecule has 0 fully saturated rings. The molecule has 1 unspecified atom stereocenters. The van der Waals surface area contributed by atoms with E-state index in [1.165, 1.54) is 0 Å². The van der Waals surface area contributed by atoms with Gasteiger partial charge in [-0.3, -0.25) is 5.10 Å². The number of rotatable bonds is 4. The van der Waals surface area contributed by atoms with E-state index in [0.29, 0.717) is 5.92 Å². The zero-order valence-electron chi connectivity index (χ0n) is 8.20. The summed E-state index contributed by atoms with van der Waals surface area (Å²) >= 11 is 6.98. The van der Waals surface area contributed by atoms with Crippen molar-refractivity contribution in [1.29, 1.82) is 0 Å². The minimum absolute atomic E-state index is 0.637. The van der Waals surface area contributed by atoms with Gasteiger partial charge in [0.05, 0.1) is 0 Å². The molecule has 0 spiro atoms. The van der Waals surface area contributed by atoms with E-state index in [-0.39, 0.29) is 0 Å². The van der Waals surface area contributed by atoms with Crippen molar-refractivity contribution >= 4 is 24.0 Å². The van der Waals surface area contributed by atoms with Gasteiger partial charge in [0.2, 0.25) is 0 Å². The number of nitrogens with one attached hydrogen (secondary N) is 1. The summed E-state index contributed by atoms with van der Waals surface area (Å²) in [6, 6.07) is 0. The van der Waals surface area contributed by atoms with Gasteiger partial charge < -0.3 is 4.57 Å². The Morgan fingerprint density at radius 1 is 1.69 bits per heavy atom. The zero-order valence-corrected chi connectivity index (χ0v) is 9.84. The van der Waals surface area contributed by atoms with Crippen LogP contribution in [-0.4, -0.2) is 26.8 Å². The van der Waals surface area contributed by atoms with Crippen molar-refractivity contribution in [2.75, 3.05) is 12.0 Å². The number of aromatic nitrogens is 3. The monoisotopic (exact) mass is 217 g/mol. The second-order valence-electron chi connectivity index (χ2n) is 3.25. The zero-order chi connectivity index (χ0) is 9.84. The van der Waals surface area contributed by atoms with Gasteiger partial charge in [-0.25, -0.2) is 0 Å². The van der Waals surface area contributed by atoms with Crippen molar-refractivity contribution in [3.05, 3.63) is 10.6 Å². The first-order valence-corrected chi connectivity index (χ1v) is 6.06. The highest BCUT2D eigenvalue weighted by atomic mass is 32.2. The summed E-state index contributed by atoms with van der Waals surface area (Å²) in [6.07, 6.45) is 2.12. The molecule has 1 atom stereocenters. The molecule has 0 aliphatic carbocycles. The fourth-order valence-corrected chi connectivity index (χ4v) is 2.19. The van der Waals surface area contributed by atoms with Crippen LogP contribution in [-0.2, 0) is 6.54 Å². The van der Waals surface area contributed by atoms with Crippen molar-refractivity contribution in [1.82, 2.24) is 14.8 Å². The maximum Gasteiger partial charge on any atom is 0.195 e. The molecule has 0 bridgehead atoms. The molecule has 13 heavy (non-hydrogen) atoms. The molecular formula is C8H15N3S2. The minimum Gasteiger partial charge on any atom is -0.304 e. The quantitative estimate of drug-likeness (QED) is 0.785. The third kappa shape index (κ3) is 2.84. The van der Waals surface area contributed by atoms with Crippen LogP contribution in [0.2, 0.25) is 0 Å². The fourth-order valence-electron chi connectivity index (χ4n) is 1.26. The standard InChI is InChI=1S/C8H15N3S2/c1-6(5-13-3)4-11-7(2)9-10-8(11)12/h6H,4-5H2,1-3H3,(H,10,12). The molecule has 0 aliphatic heterocycles. The maximum absolute atomic E-state index is 5.11. The molecular weight excluding hydrogens is 202 g/mol. The van der Waals surface area contributed by atoms with Gasteiger partial charge in [0.15, 0.2) is 4.77 Å². The summed E-state index contributed by atoms with van der Waals surface area (Å²) in [5.41, 5.74) is 0. The third-order valence-electron chi connectivity index (χ3n) is 1.89. The molecule has 0 aliphatic rings. The van der Waals surface area contributed by atoms with Gasteiger partial charge in [-0.2, -0.15) is 16.9 Å². The van der Waals surface area contributed by atoms with Gasteiger partial charge in [0, 0.05) is 6.54 Å². The Hall–Kier alpha value is -0.290. The Balaban J connectivity index is 2.68. The summed E-state index contributed by atoms with van der Waals surface area (Å²) < 4.78 is 2.78. The summed E-state index contributed by atoms with van der Waals surface area (Å²) in [7, 11) is 0. The number of aryl methyl sites for hydroxylation is 1. The third-order valence-corrected chi connectivity index (χ3v) is 3.11. The van der Waals surface area contributed by atoms with E-state index in [4.69, 9.17) is 12.2 Å². The van der Waals surface area contributed by atoms with E-state index in [2.05, 4.69) is 27.9 Å². The minimum atomic E-state index is 0.637. The maximum atomic E-state index is 5.11. The predicted octanol–water partition coefficient (Wildman–Crippen LogP) is 2.25. The van der Waals surface area contributed by atoms with Gasteiger partial charge >= 0.3 is 0 Å². The van der Waals surface area contributed by atoms with Crippen LogP contribution in [0.25, 0.3) is 0 Å². The molecule has 0 radical (unpaired) electrons. The first-order valence-electron chi connectivity index (χ1n) is 4.26. The van der Waals surface area contributed by atoms with E-state index in [1.807, 2.05) is 18.7 Å². The summed E-state index contributed by atoms with van der Waals surface area (Å²) in [5.74, 6) is 2.77. The Bertz CT molecular complexity index is 315. The van der Waals surface area contributed by atoms with Gasteiger partial charge in [0.25, 0.3) is 0 Å². The smallest absolute Gasteiger partial charge is 0.195 e. The van der Waals surface area contributed by atoms with Crippen molar-refractivity contribution < 1.29 is 0 Å². The SMILES string of the molecule is CSCC(C)Cn1c(C)n[nH]c1=S. The highest BCUT2D eigenvalue weighted by molar-refractivity contribution is 7.98. The molecule has 1 N–H and O–H groups in total. The second-order valence-corrected chi connectivity index (χ2v) is 4.54. The van der Waals surface area contributed by atoms with Gasteiger partial charge in [-0.05, 0) is 37.1 Å². The normalized spacial score (nSPS) is 13.2. The predicted molar refractivity (Wildman–Crippen MR) is 59.7 cm³/mol. The van der Waals surface area contributed by atoms with Crippen LogP contribution in [0.5, 0.6) is 0 Å². The molecule has 1 aromatic heterocycles. The number of nitrogens with zero attached hydrogens (tertiary/aromatic N) is 2. The van der Waals surface area contributed by atoms with E-state index in [0.717, 1.165) is 22.9 Å². The van der Waals surface area contributed by atoms with E-state index >= 15 is 0 Å². The average molecular weight is 217 g/mol. The van der Waals surface area contributed by atoms with Crippen molar-refractivity contribution in [3.8, 4) is 0 Å². The number of thioether (sulfide) groups is 1. The molecule has 5 heteroatoms. The average Bonchev–Trinajstić information content (AvgIpc) is 2.36. The molecule has 1 aromatic rings. The molecule has 0 saturated heterocycles. The molecule has 0 amide bonds. The Morgan fingerprint density at radius 2 is 2.38 bits per heavy atom. The lowest BCUT2D eigenvalue weighted by Crippen LogP contribution is -2.11. The number of H-pyrrole nitrogens is 1. The molecule has 1 heterocycles. The highest BCUT2D eigenvalue weighted by Gasteiger charge is 2.06. The lowest BCUT2D eigenvalue weighted by Gasteiger charge is -2.10. The Morgan fingerprint density at radius 3 is 2.85 bits per heavy atom. The number of hydrogen-bond acceptors (Lipinski definition) is 3. The van der Waals surface area contributed by atoms with Crippen LogP contribution in [0.15, 0.2) is 0 Å². The van der Waals surface area contributed by atoms with Gasteiger partial charge in [-0.15, -0.1) is 0 Å². The van der Waals surface area contributed by atoms with Gasteiger partial charge in [-0.1, -0.05) is 6.92 Å². The summed E-state index contributed by atoms with van der Waals surface area (Å²) in [5, 5.41) is 6.86. The van der Waals surface area contributed by atoms with Crippen LogP contribution in [0.1, 0.15) is 12.7 Å². The van der Waals surface area contributed by atoms with Crippen LogP contribution in [0, 0.1) is 17.6 Å². The van der Waals surface area contributed by atoms with Crippen LogP contribution in [0.4, 0.5) is 0 Å². The van der Waals surface area contributed by atoms with E-state index in [1.54, 1.807) is 0 Å². The summed E-state index contributed by atoms with van der Waals surface area (Å²) in [6.45, 7) is 5.16. The van der Waals surface area contributed by atoms with Crippen molar-refractivity contribution in [2.24, 2.45) is 5.92 Å². The molecule has 0 aromatic carbocycles. The Labute approximate surface area is 87.9 Å². The summed E-state index contributed by atoms with van der Waals surface area (Å²) in [4.78, 5) is 0. The fraction of sp³-hybridized carbons (Fsp3) is 0.750. The van der Waals surface area contributed by atoms with Crippen molar-refractivity contribution in [2.45, 2.75) is 20.4 Å². The van der Waals surface area contributed by atoms with Gasteiger partial charge in [0.1, 0.15) is 5.82 Å². The Kier molecular flexibility index (Phi) is 3.99. The lowest BCUT2D eigenvalue weighted by atomic mass is 10.2. The first-order chi connectivity index (χ1) is 6.15. The van der Waals surface area contributed by atoms with E-state index < -0.39 is 0 Å². The van der Waals surface area contributed by atoms with Crippen molar-refractivity contribution in [3.63, 3.8) is 0 Å². The molecule has 0 saturated carbocycles. The molecule has 74 valence electrons. The second kappa shape index (κ2) is 4.81. The number of aromatic amines is 1. The molecule has 3 nitrogen and oxygen atoms in total. The van der Waals surface area contributed by atoms with Crippen LogP contribution < -0.4 is 0 Å². The van der Waals surface area contributed by atoms with Crippen LogP contribution >= 0.6 is 24.0 Å². The number of hydrogen-bond donors (Lipinski definition) is 1. The van der Waals surface area contributed by atoms with E-state index in [9.17, 15) is 0 Å².